The summed E-state index contributed by atoms with van der Waals surface area (Å²) in [6.07, 6.45) is -0.673. The van der Waals surface area contributed by atoms with Crippen LogP contribution in [0, 0.1) is 11.8 Å². The molecule has 5 atom stereocenters. The van der Waals surface area contributed by atoms with E-state index in [-0.39, 0.29) is 41.6 Å². The molecule has 1 aromatic rings. The lowest BCUT2D eigenvalue weighted by Crippen LogP contribution is -2.57. The third-order valence-electron chi connectivity index (χ3n) is 10.3. The molecule has 1 unspecified atom stereocenters. The average molecular weight is 608 g/mol. The van der Waals surface area contributed by atoms with Gasteiger partial charge in [-0.25, -0.2) is 0 Å². The zero-order valence-electron chi connectivity index (χ0n) is 24.1. The molecule has 0 radical (unpaired) electrons. The Morgan fingerprint density at radius 2 is 1.84 bits per heavy atom. The number of carbonyl (C=O) groups is 2. The first-order chi connectivity index (χ1) is 20.0. The van der Waals surface area contributed by atoms with E-state index < -0.39 is 81.1 Å². The number of rotatable bonds is 5. The number of phenolic OH excluding ortho intramolecular Hbond substituents is 1. The Kier molecular flexibility index (Phi) is 6.56. The Hall–Kier alpha value is -3.13. The number of carbonyl (C=O) groups excluding carboxylic acids is 2. The van der Waals surface area contributed by atoms with E-state index in [0.717, 1.165) is 38.2 Å². The number of hydrogen-bond donors (Lipinski definition) is 6. The first-order valence-corrected chi connectivity index (χ1v) is 14.5. The molecule has 10 nitrogen and oxygen atoms in total. The van der Waals surface area contributed by atoms with Crippen LogP contribution in [0.1, 0.15) is 72.5 Å². The van der Waals surface area contributed by atoms with E-state index in [1.165, 1.54) is 4.90 Å². The molecule has 5 aliphatic rings. The number of fused-ring (bicyclic) bond motifs is 2. The summed E-state index contributed by atoms with van der Waals surface area (Å²) < 4.78 is 49.9. The van der Waals surface area contributed by atoms with Gasteiger partial charge in [-0.05, 0) is 69.8 Å². The van der Waals surface area contributed by atoms with Gasteiger partial charge >= 0.3 is 6.18 Å². The minimum absolute atomic E-state index is 0.0789. The van der Waals surface area contributed by atoms with Crippen LogP contribution >= 0.6 is 0 Å². The summed E-state index contributed by atoms with van der Waals surface area (Å²) in [6, 6.07) is -0.0631. The third kappa shape index (κ3) is 4.08. The summed E-state index contributed by atoms with van der Waals surface area (Å²) in [5.41, 5.74) is 0.00975. The Balaban J connectivity index is 1.47. The highest BCUT2D eigenvalue weighted by Crippen LogP contribution is 2.68. The number of primary amides is 1. The topological polar surface area (TPSA) is 169 Å². The SMILES string of the molecule is CN(C)[C@@H]1C(O)=C(C(N)=O)C2(O)O[C@@]23C(O)=C2C(=O)c4c(O)cc(CNC5(C)CCCCC5)c(C(F)(F)F)c4C[C@H]2C[C@@H]13. The van der Waals surface area contributed by atoms with E-state index in [9.17, 15) is 43.2 Å². The van der Waals surface area contributed by atoms with Crippen LogP contribution in [0.25, 0.3) is 0 Å². The smallest absolute Gasteiger partial charge is 0.417 e. The Morgan fingerprint density at radius 1 is 1.19 bits per heavy atom. The molecule has 1 spiro atoms. The molecule has 1 saturated carbocycles. The predicted molar refractivity (Wildman–Crippen MR) is 146 cm³/mol. The van der Waals surface area contributed by atoms with Crippen molar-refractivity contribution >= 4 is 11.7 Å². The zero-order chi connectivity index (χ0) is 31.4. The van der Waals surface area contributed by atoms with Crippen molar-refractivity contribution in [3.05, 3.63) is 51.0 Å². The molecule has 1 aliphatic heterocycles. The summed E-state index contributed by atoms with van der Waals surface area (Å²) in [5, 5.41) is 48.2. The number of benzene rings is 1. The highest BCUT2D eigenvalue weighted by molar-refractivity contribution is 6.14. The van der Waals surface area contributed by atoms with Crippen molar-refractivity contribution in [1.82, 2.24) is 10.2 Å². The summed E-state index contributed by atoms with van der Waals surface area (Å²) in [7, 11) is 3.15. The van der Waals surface area contributed by atoms with Crippen molar-refractivity contribution in [1.29, 1.82) is 0 Å². The molecular formula is C30H36F3N3O7. The van der Waals surface area contributed by atoms with Crippen LogP contribution < -0.4 is 11.1 Å². The Bertz CT molecular complexity index is 1500. The number of aliphatic hydroxyl groups excluding tert-OH is 2. The van der Waals surface area contributed by atoms with Gasteiger partial charge in [0.2, 0.25) is 5.79 Å². The number of nitrogens with two attached hydrogens (primary N) is 1. The molecule has 1 heterocycles. The van der Waals surface area contributed by atoms with Crippen LogP contribution in [0.15, 0.2) is 28.7 Å². The largest absolute Gasteiger partial charge is 0.510 e. The normalized spacial score (nSPS) is 33.1. The molecule has 1 saturated heterocycles. The second-order valence-electron chi connectivity index (χ2n) is 13.1. The molecule has 234 valence electrons. The fraction of sp³-hybridized carbons (Fsp3) is 0.600. The fourth-order valence-electron chi connectivity index (χ4n) is 8.31. The maximum atomic E-state index is 14.8. The van der Waals surface area contributed by atoms with Crippen LogP contribution in [-0.2, 0) is 28.7 Å². The zero-order valence-corrected chi connectivity index (χ0v) is 24.1. The number of halogens is 3. The summed E-state index contributed by atoms with van der Waals surface area (Å²) >= 11 is 0. The van der Waals surface area contributed by atoms with Crippen molar-refractivity contribution in [3.8, 4) is 5.75 Å². The predicted octanol–water partition coefficient (Wildman–Crippen LogP) is 3.11. The number of aliphatic hydroxyl groups is 3. The van der Waals surface area contributed by atoms with Crippen LogP contribution in [-0.4, -0.2) is 74.1 Å². The van der Waals surface area contributed by atoms with Gasteiger partial charge in [0.15, 0.2) is 11.4 Å². The van der Waals surface area contributed by atoms with Gasteiger partial charge in [0, 0.05) is 23.6 Å². The fourth-order valence-corrected chi connectivity index (χ4v) is 8.31. The van der Waals surface area contributed by atoms with Gasteiger partial charge in [-0.3, -0.25) is 14.5 Å². The number of ketones is 1. The maximum absolute atomic E-state index is 14.8. The summed E-state index contributed by atoms with van der Waals surface area (Å²) in [4.78, 5) is 27.7. The molecule has 1 amide bonds. The molecule has 0 bridgehead atoms. The molecule has 13 heteroatoms. The number of alkyl halides is 3. The number of nitrogens with zero attached hydrogens (tertiary/aromatic N) is 1. The number of allylic oxidation sites excluding steroid dienone is 1. The molecule has 6 rings (SSSR count). The van der Waals surface area contributed by atoms with E-state index in [0.29, 0.717) is 0 Å². The lowest BCUT2D eigenvalue weighted by Gasteiger charge is -2.46. The molecule has 43 heavy (non-hydrogen) atoms. The Morgan fingerprint density at radius 3 is 2.42 bits per heavy atom. The maximum Gasteiger partial charge on any atom is 0.417 e. The molecule has 1 aromatic carbocycles. The molecular weight excluding hydrogens is 571 g/mol. The van der Waals surface area contributed by atoms with Gasteiger partial charge in [-0.2, -0.15) is 13.2 Å². The monoisotopic (exact) mass is 607 g/mol. The lowest BCUT2D eigenvalue weighted by molar-refractivity contribution is -0.139. The van der Waals surface area contributed by atoms with Crippen molar-refractivity contribution in [2.24, 2.45) is 17.6 Å². The molecule has 7 N–H and O–H groups in total. The number of aromatic hydroxyl groups is 1. The highest BCUT2D eigenvalue weighted by Gasteiger charge is 2.84. The first-order valence-electron chi connectivity index (χ1n) is 14.5. The standard InChI is InChI=1S/C30H36F3N3O7/c1-27(7-5-4-6-8-27)35-12-14-11-17(37)19-15(20(14)30(31,32)33)9-13-10-16-22(36(2)3)24(39)21(26(34)41)29(42)28(16,43-29)25(40)18(13)23(19)38/h11,13,16,22,35,37,39-40,42H,4-10,12H2,1-3H3,(H2,34,41)/t13-,16-,22-,28-,29?/m0/s1. The van der Waals surface area contributed by atoms with Crippen molar-refractivity contribution < 1.29 is 47.9 Å². The van der Waals surface area contributed by atoms with E-state index in [1.54, 1.807) is 14.1 Å². The van der Waals surface area contributed by atoms with Crippen LogP contribution in [0.4, 0.5) is 13.2 Å². The van der Waals surface area contributed by atoms with E-state index in [2.05, 4.69) is 5.32 Å². The average Bonchev–Trinajstić information content (AvgIpc) is 3.52. The van der Waals surface area contributed by atoms with Gasteiger partial charge in [0.25, 0.3) is 5.91 Å². The molecule has 4 aliphatic carbocycles. The number of nitrogens with one attached hydrogen (secondary N) is 1. The number of amides is 1. The van der Waals surface area contributed by atoms with Gasteiger partial charge < -0.3 is 36.2 Å². The summed E-state index contributed by atoms with van der Waals surface area (Å²) in [5.74, 6) is -8.63. The third-order valence-corrected chi connectivity index (χ3v) is 10.3. The highest BCUT2D eigenvalue weighted by atomic mass is 19.4. The quantitative estimate of drug-likeness (QED) is 0.276. The van der Waals surface area contributed by atoms with E-state index in [1.807, 2.05) is 6.92 Å². The van der Waals surface area contributed by atoms with Gasteiger partial charge in [0.1, 0.15) is 22.8 Å². The minimum Gasteiger partial charge on any atom is -0.510 e. The number of epoxide rings is 1. The van der Waals surface area contributed by atoms with E-state index >= 15 is 0 Å². The van der Waals surface area contributed by atoms with E-state index in [4.69, 9.17) is 10.5 Å². The van der Waals surface area contributed by atoms with Crippen molar-refractivity contribution in [2.75, 3.05) is 14.1 Å². The molecule has 0 aromatic heterocycles. The number of likely N-dealkylation sites (N-methyl/N-ethyl adjacent to an activating group) is 1. The molecule has 2 fully saturated rings. The minimum atomic E-state index is -4.85. The summed E-state index contributed by atoms with van der Waals surface area (Å²) in [6.45, 7) is 1.81. The van der Waals surface area contributed by atoms with Crippen molar-refractivity contribution in [2.45, 2.75) is 87.6 Å². The number of ether oxygens (including phenoxy) is 1. The number of Topliss-reactive ketones (excluding diaryl/α,β-unsaturated/α-hetero) is 1. The first kappa shape index (κ1) is 29.9. The van der Waals surface area contributed by atoms with Crippen LogP contribution in [0.2, 0.25) is 0 Å². The lowest BCUT2D eigenvalue weighted by atomic mass is 9.60. The van der Waals surface area contributed by atoms with Gasteiger partial charge in [0.05, 0.1) is 17.2 Å². The second-order valence-corrected chi connectivity index (χ2v) is 13.1. The number of phenols is 1. The second kappa shape index (κ2) is 9.43. The van der Waals surface area contributed by atoms with Gasteiger partial charge in [-0.1, -0.05) is 19.3 Å². The van der Waals surface area contributed by atoms with Crippen LogP contribution in [0.5, 0.6) is 5.75 Å². The van der Waals surface area contributed by atoms with Crippen LogP contribution in [0.3, 0.4) is 0 Å². The van der Waals surface area contributed by atoms with Gasteiger partial charge in [-0.15, -0.1) is 0 Å². The van der Waals surface area contributed by atoms with Crippen molar-refractivity contribution in [3.63, 3.8) is 0 Å². The Labute approximate surface area is 246 Å². The number of hydrogen-bond acceptors (Lipinski definition) is 9.